The molecule has 1 heterocycles. The largest absolute Gasteiger partial charge is 0.267 e. The zero-order chi connectivity index (χ0) is 26.3. The molecule has 0 saturated heterocycles. The quantitative estimate of drug-likeness (QED) is 0.202. The first kappa shape index (κ1) is 25.2. The second-order valence-electron chi connectivity index (χ2n) is 9.36. The topological polar surface area (TPSA) is 63.4 Å². The lowest BCUT2D eigenvalue weighted by Gasteiger charge is -2.15. The van der Waals surface area contributed by atoms with Gasteiger partial charge < -0.3 is 0 Å². The molecule has 0 N–H and O–H groups in total. The minimum absolute atomic E-state index is 0.641. The minimum Gasteiger partial charge on any atom is -0.267 e. The van der Waals surface area contributed by atoms with Crippen LogP contribution in [0.3, 0.4) is 0 Å². The Labute approximate surface area is 224 Å². The first-order valence-electron chi connectivity index (χ1n) is 13.0. The van der Waals surface area contributed by atoms with E-state index in [0.29, 0.717) is 24.0 Å². The summed E-state index contributed by atoms with van der Waals surface area (Å²) in [5.74, 6) is 2.75. The van der Waals surface area contributed by atoms with Crippen LogP contribution < -0.4 is 0 Å². The van der Waals surface area contributed by atoms with E-state index >= 15 is 0 Å². The maximum Gasteiger partial charge on any atom is 0.164 e. The van der Waals surface area contributed by atoms with E-state index < -0.39 is 0 Å². The summed E-state index contributed by atoms with van der Waals surface area (Å²) >= 11 is 0. The van der Waals surface area contributed by atoms with Crippen molar-refractivity contribution < 1.29 is 0 Å². The number of hydrogen-bond acceptors (Lipinski definition) is 4. The van der Waals surface area contributed by atoms with E-state index in [4.69, 9.17) is 15.0 Å². The number of amidine groups is 1. The molecule has 0 spiro atoms. The van der Waals surface area contributed by atoms with Gasteiger partial charge in [-0.05, 0) is 56.4 Å². The molecule has 5 rings (SSSR count). The van der Waals surface area contributed by atoms with Crippen molar-refractivity contribution in [3.8, 4) is 22.8 Å². The maximum atomic E-state index is 4.96. The van der Waals surface area contributed by atoms with Crippen LogP contribution in [0.4, 0.5) is 0 Å². The molecular formula is C33H31N5. The third-order valence-electron chi connectivity index (χ3n) is 6.26. The molecule has 0 aliphatic heterocycles. The van der Waals surface area contributed by atoms with Crippen LogP contribution in [0, 0.1) is 0 Å². The molecule has 0 saturated carbocycles. The second-order valence-corrected chi connectivity index (χ2v) is 9.36. The maximum absolute atomic E-state index is 4.96. The highest BCUT2D eigenvalue weighted by Gasteiger charge is 2.17. The van der Waals surface area contributed by atoms with Gasteiger partial charge in [-0.25, -0.2) is 19.9 Å². The predicted octanol–water partition coefficient (Wildman–Crippen LogP) is 7.71. The number of benzene rings is 3. The van der Waals surface area contributed by atoms with Crippen LogP contribution in [-0.4, -0.2) is 33.0 Å². The Balaban J connectivity index is 1.59. The standard InChI is InChI=1S/C33H31N5/c1-4-34-30(35-23(2)3)28-16-11-17-29(22-28)33-37-31(26-14-9-6-10-15-26)36-32(38-33)27-20-18-25(19-21-27)24-12-7-5-8-13-24/h5-18,20,22H,4,19,21H2,1-3H3. The molecule has 0 bridgehead atoms. The lowest BCUT2D eigenvalue weighted by molar-refractivity contribution is 0.985. The molecule has 0 fully saturated rings. The molecule has 5 heteroatoms. The Morgan fingerprint density at radius 1 is 0.658 bits per heavy atom. The van der Waals surface area contributed by atoms with Gasteiger partial charge in [-0.1, -0.05) is 91.0 Å². The van der Waals surface area contributed by atoms with Crippen LogP contribution in [-0.2, 0) is 0 Å². The van der Waals surface area contributed by atoms with E-state index in [9.17, 15) is 0 Å². The van der Waals surface area contributed by atoms with Crippen molar-refractivity contribution in [2.75, 3.05) is 6.54 Å². The van der Waals surface area contributed by atoms with E-state index in [1.165, 1.54) is 11.1 Å². The zero-order valence-corrected chi connectivity index (χ0v) is 22.1. The number of allylic oxidation sites excluding steroid dienone is 4. The van der Waals surface area contributed by atoms with Crippen LogP contribution in [0.25, 0.3) is 33.9 Å². The van der Waals surface area contributed by atoms with Crippen LogP contribution >= 0.6 is 0 Å². The van der Waals surface area contributed by atoms with Gasteiger partial charge in [0, 0.05) is 28.9 Å². The van der Waals surface area contributed by atoms with Gasteiger partial charge in [0.2, 0.25) is 0 Å². The molecule has 0 unspecified atom stereocenters. The van der Waals surface area contributed by atoms with Crippen LogP contribution in [0.2, 0.25) is 0 Å². The summed E-state index contributed by atoms with van der Waals surface area (Å²) in [4.78, 5) is 24.0. The summed E-state index contributed by atoms with van der Waals surface area (Å²) in [6.45, 7) is 6.64. The molecule has 4 aromatic rings. The van der Waals surface area contributed by atoms with Crippen molar-refractivity contribution in [1.82, 2.24) is 15.0 Å². The summed E-state index contributed by atoms with van der Waals surface area (Å²) in [6.07, 6.45) is 6.16. The zero-order valence-electron chi connectivity index (χ0n) is 22.1. The first-order valence-corrected chi connectivity index (χ1v) is 13.0. The van der Waals surface area contributed by atoms with Crippen molar-refractivity contribution in [3.63, 3.8) is 0 Å². The summed E-state index contributed by atoms with van der Waals surface area (Å²) in [5, 5.41) is 0. The second kappa shape index (κ2) is 11.7. The van der Waals surface area contributed by atoms with Crippen LogP contribution in [0.15, 0.2) is 107 Å². The Kier molecular flexibility index (Phi) is 7.74. The van der Waals surface area contributed by atoms with Gasteiger partial charge in [0.1, 0.15) is 0 Å². The Morgan fingerprint density at radius 3 is 1.87 bits per heavy atom. The van der Waals surface area contributed by atoms with E-state index in [2.05, 4.69) is 52.5 Å². The Hall–Kier alpha value is -4.51. The van der Waals surface area contributed by atoms with Gasteiger partial charge in [-0.2, -0.15) is 0 Å². The molecule has 1 aliphatic carbocycles. The van der Waals surface area contributed by atoms with E-state index in [-0.39, 0.29) is 0 Å². The SMILES string of the molecule is CCN=C(N=C(C)C)c1cccc(-c2nc(C3=CC=C(c4ccccc4)CC3)nc(-c3ccccc3)n2)c1. The van der Waals surface area contributed by atoms with Crippen molar-refractivity contribution in [2.45, 2.75) is 33.6 Å². The summed E-state index contributed by atoms with van der Waals surface area (Å²) in [6, 6.07) is 28.8. The molecule has 38 heavy (non-hydrogen) atoms. The highest BCUT2D eigenvalue weighted by Crippen LogP contribution is 2.32. The van der Waals surface area contributed by atoms with Gasteiger partial charge in [-0.3, -0.25) is 4.99 Å². The monoisotopic (exact) mass is 497 g/mol. The third kappa shape index (κ3) is 5.89. The fourth-order valence-electron chi connectivity index (χ4n) is 4.43. The number of hydrogen-bond donors (Lipinski definition) is 0. The highest BCUT2D eigenvalue weighted by molar-refractivity contribution is 6.06. The molecule has 1 aliphatic rings. The number of aromatic nitrogens is 3. The minimum atomic E-state index is 0.641. The highest BCUT2D eigenvalue weighted by atomic mass is 15.0. The van der Waals surface area contributed by atoms with Crippen molar-refractivity contribution >= 4 is 22.7 Å². The number of nitrogens with zero attached hydrogens (tertiary/aromatic N) is 5. The lowest BCUT2D eigenvalue weighted by atomic mass is 9.93. The van der Waals surface area contributed by atoms with Gasteiger partial charge in [0.05, 0.1) is 0 Å². The fraction of sp³-hybridized carbons (Fsp3) is 0.182. The van der Waals surface area contributed by atoms with Crippen LogP contribution in [0.5, 0.6) is 0 Å². The number of rotatable bonds is 6. The average Bonchev–Trinajstić information content (AvgIpc) is 2.97. The van der Waals surface area contributed by atoms with Gasteiger partial charge >= 0.3 is 0 Å². The summed E-state index contributed by atoms with van der Waals surface area (Å²) in [7, 11) is 0. The Morgan fingerprint density at radius 2 is 1.24 bits per heavy atom. The summed E-state index contributed by atoms with van der Waals surface area (Å²) < 4.78 is 0. The van der Waals surface area contributed by atoms with Crippen molar-refractivity contribution in [2.24, 2.45) is 9.98 Å². The molecule has 0 amide bonds. The van der Waals surface area contributed by atoms with Gasteiger partial charge in [0.25, 0.3) is 0 Å². The fourth-order valence-corrected chi connectivity index (χ4v) is 4.43. The first-order chi connectivity index (χ1) is 18.6. The van der Waals surface area contributed by atoms with Crippen molar-refractivity contribution in [1.29, 1.82) is 0 Å². The molecule has 1 aromatic heterocycles. The molecule has 3 aromatic carbocycles. The molecule has 5 nitrogen and oxygen atoms in total. The number of aliphatic imine (C=N–C) groups is 2. The molecule has 0 radical (unpaired) electrons. The van der Waals surface area contributed by atoms with Gasteiger partial charge in [0.15, 0.2) is 23.3 Å². The summed E-state index contributed by atoms with van der Waals surface area (Å²) in [5.41, 5.74) is 7.48. The van der Waals surface area contributed by atoms with E-state index in [1.54, 1.807) is 0 Å². The third-order valence-corrected chi connectivity index (χ3v) is 6.26. The van der Waals surface area contributed by atoms with E-state index in [0.717, 1.165) is 46.7 Å². The van der Waals surface area contributed by atoms with Crippen molar-refractivity contribution in [3.05, 3.63) is 114 Å². The van der Waals surface area contributed by atoms with Gasteiger partial charge in [-0.15, -0.1) is 0 Å². The van der Waals surface area contributed by atoms with E-state index in [1.807, 2.05) is 75.4 Å². The normalized spacial score (nSPS) is 13.5. The lowest BCUT2D eigenvalue weighted by Crippen LogP contribution is -2.05. The molecule has 0 atom stereocenters. The molecular weight excluding hydrogens is 466 g/mol. The average molecular weight is 498 g/mol. The predicted molar refractivity (Wildman–Crippen MR) is 158 cm³/mol. The van der Waals surface area contributed by atoms with Crippen LogP contribution in [0.1, 0.15) is 50.6 Å². The molecule has 188 valence electrons. The smallest absolute Gasteiger partial charge is 0.164 e. The Bertz CT molecular complexity index is 1540.